The van der Waals surface area contributed by atoms with E-state index in [1.54, 1.807) is 30.3 Å². The number of benzene rings is 1. The first-order chi connectivity index (χ1) is 13.1. The molecule has 3 aromatic rings. The summed E-state index contributed by atoms with van der Waals surface area (Å²) in [6.07, 6.45) is 2.00. The molecule has 0 radical (unpaired) electrons. The van der Waals surface area contributed by atoms with E-state index in [2.05, 4.69) is 15.8 Å². The molecule has 2 N–H and O–H groups in total. The van der Waals surface area contributed by atoms with Crippen LogP contribution in [0.5, 0.6) is 0 Å². The Kier molecular flexibility index (Phi) is 4.59. The van der Waals surface area contributed by atoms with Gasteiger partial charge in [-0.15, -0.1) is 11.3 Å². The molecule has 0 spiro atoms. The maximum absolute atomic E-state index is 12.4. The van der Waals surface area contributed by atoms with Crippen LogP contribution in [0.25, 0.3) is 10.7 Å². The lowest BCUT2D eigenvalue weighted by Gasteiger charge is -2.08. The Balaban J connectivity index is 1.47. The van der Waals surface area contributed by atoms with Crippen molar-refractivity contribution in [1.82, 2.24) is 15.0 Å². The maximum atomic E-state index is 12.4. The minimum atomic E-state index is -0.703. The van der Waals surface area contributed by atoms with Crippen molar-refractivity contribution in [2.24, 2.45) is 0 Å². The Hall–Kier alpha value is -3.20. The van der Waals surface area contributed by atoms with Crippen LogP contribution in [-0.4, -0.2) is 27.6 Å². The molecule has 2 aromatic heterocycles. The van der Waals surface area contributed by atoms with Crippen LogP contribution >= 0.6 is 11.3 Å². The lowest BCUT2D eigenvalue weighted by Crippen LogP contribution is -2.26. The Morgan fingerprint density at radius 2 is 2.11 bits per heavy atom. The van der Waals surface area contributed by atoms with Crippen LogP contribution in [-0.2, 0) is 11.3 Å². The highest BCUT2D eigenvalue weighted by Crippen LogP contribution is 2.22. The van der Waals surface area contributed by atoms with Gasteiger partial charge in [-0.3, -0.25) is 14.1 Å². The van der Waals surface area contributed by atoms with Gasteiger partial charge in [-0.1, -0.05) is 17.3 Å². The van der Waals surface area contributed by atoms with Gasteiger partial charge in [0.2, 0.25) is 5.91 Å². The van der Waals surface area contributed by atoms with Crippen LogP contribution in [0, 0.1) is 0 Å². The zero-order valence-corrected chi connectivity index (χ0v) is 15.0. The molecule has 2 heterocycles. The molecule has 0 aliphatic heterocycles. The average Bonchev–Trinajstić information content (AvgIpc) is 3.15. The Morgan fingerprint density at radius 3 is 2.85 bits per heavy atom. The molecule has 8 nitrogen and oxygen atoms in total. The molecule has 0 bridgehead atoms. The van der Waals surface area contributed by atoms with Crippen molar-refractivity contribution in [1.29, 1.82) is 0 Å². The second-order valence-electron chi connectivity index (χ2n) is 6.21. The van der Waals surface area contributed by atoms with Gasteiger partial charge in [0.15, 0.2) is 5.82 Å². The average molecular weight is 384 g/mol. The number of carbonyl (C=O) groups excluding carboxylic acids is 2. The first-order valence-corrected chi connectivity index (χ1v) is 9.29. The monoisotopic (exact) mass is 384 g/mol. The summed E-state index contributed by atoms with van der Waals surface area (Å²) in [6.45, 7) is -0.242. The van der Waals surface area contributed by atoms with Gasteiger partial charge in [-0.25, -0.2) is 9.36 Å². The number of hydrogen-bond donors (Lipinski definition) is 2. The molecule has 0 unspecified atom stereocenters. The van der Waals surface area contributed by atoms with Crippen LogP contribution in [0.2, 0.25) is 0 Å². The minimum absolute atomic E-state index is 0.163. The van der Waals surface area contributed by atoms with Gasteiger partial charge < -0.3 is 10.6 Å². The molecule has 138 valence electrons. The van der Waals surface area contributed by atoms with Crippen LogP contribution in [0.15, 0.2) is 51.1 Å². The maximum Gasteiger partial charge on any atom is 0.442 e. The molecular weight excluding hydrogens is 368 g/mol. The van der Waals surface area contributed by atoms with Gasteiger partial charge in [0.05, 0.1) is 4.88 Å². The zero-order chi connectivity index (χ0) is 18.8. The van der Waals surface area contributed by atoms with Gasteiger partial charge in [-0.05, 0) is 42.5 Å². The lowest BCUT2D eigenvalue weighted by molar-refractivity contribution is -0.116. The van der Waals surface area contributed by atoms with Crippen LogP contribution in [0.3, 0.4) is 0 Å². The molecule has 4 rings (SSSR count). The largest absolute Gasteiger partial charge is 0.442 e. The molecule has 0 saturated heterocycles. The Labute approximate surface area is 157 Å². The van der Waals surface area contributed by atoms with Crippen molar-refractivity contribution in [3.63, 3.8) is 0 Å². The first kappa shape index (κ1) is 17.2. The highest BCUT2D eigenvalue weighted by Gasteiger charge is 2.24. The summed E-state index contributed by atoms with van der Waals surface area (Å²) in [5.41, 5.74) is 0.951. The fraction of sp³-hybridized carbons (Fsp3) is 0.222. The number of carbonyl (C=O) groups is 2. The first-order valence-electron chi connectivity index (χ1n) is 8.41. The molecule has 27 heavy (non-hydrogen) atoms. The molecule has 1 fully saturated rings. The smallest absolute Gasteiger partial charge is 0.349 e. The predicted molar refractivity (Wildman–Crippen MR) is 99.6 cm³/mol. The summed E-state index contributed by atoms with van der Waals surface area (Å²) >= 11 is 1.39. The number of hydrogen-bond acceptors (Lipinski definition) is 6. The summed E-state index contributed by atoms with van der Waals surface area (Å²) in [4.78, 5) is 37.1. The van der Waals surface area contributed by atoms with E-state index < -0.39 is 11.7 Å². The highest BCUT2D eigenvalue weighted by atomic mass is 32.1. The van der Waals surface area contributed by atoms with E-state index in [1.807, 2.05) is 11.4 Å². The van der Waals surface area contributed by atoms with E-state index in [0.717, 1.165) is 17.7 Å². The topological polar surface area (TPSA) is 106 Å². The molecule has 2 amide bonds. The van der Waals surface area contributed by atoms with Crippen molar-refractivity contribution >= 4 is 28.8 Å². The van der Waals surface area contributed by atoms with Crippen molar-refractivity contribution in [2.75, 3.05) is 5.32 Å². The third-order valence-corrected chi connectivity index (χ3v) is 4.92. The third kappa shape index (κ3) is 3.98. The second-order valence-corrected chi connectivity index (χ2v) is 7.16. The summed E-state index contributed by atoms with van der Waals surface area (Å²) < 4.78 is 5.87. The molecule has 1 aliphatic rings. The number of amides is 2. The lowest BCUT2D eigenvalue weighted by atomic mass is 10.2. The zero-order valence-electron chi connectivity index (χ0n) is 14.2. The van der Waals surface area contributed by atoms with Crippen LogP contribution in [0.1, 0.15) is 23.2 Å². The van der Waals surface area contributed by atoms with Gasteiger partial charge in [0.1, 0.15) is 6.54 Å². The second kappa shape index (κ2) is 7.20. The number of aromatic nitrogens is 2. The van der Waals surface area contributed by atoms with Crippen LogP contribution in [0.4, 0.5) is 5.69 Å². The fourth-order valence-corrected chi connectivity index (χ4v) is 3.28. The number of nitrogens with zero attached hydrogens (tertiary/aromatic N) is 2. The highest BCUT2D eigenvalue weighted by molar-refractivity contribution is 7.13. The number of thiophene rings is 1. The van der Waals surface area contributed by atoms with Gasteiger partial charge in [0.25, 0.3) is 5.91 Å². The van der Waals surface area contributed by atoms with Gasteiger partial charge in [0, 0.05) is 17.3 Å². The fourth-order valence-electron chi connectivity index (χ4n) is 2.57. The summed E-state index contributed by atoms with van der Waals surface area (Å²) in [5, 5.41) is 11.2. The van der Waals surface area contributed by atoms with E-state index in [0.29, 0.717) is 17.1 Å². The van der Waals surface area contributed by atoms with Gasteiger partial charge in [-0.2, -0.15) is 0 Å². The number of rotatable bonds is 6. The normalized spacial score (nSPS) is 13.3. The van der Waals surface area contributed by atoms with Crippen LogP contribution < -0.4 is 16.4 Å². The summed E-state index contributed by atoms with van der Waals surface area (Å²) in [7, 11) is 0. The van der Waals surface area contributed by atoms with E-state index >= 15 is 0 Å². The predicted octanol–water partition coefficient (Wildman–Crippen LogP) is 2.10. The van der Waals surface area contributed by atoms with E-state index in [9.17, 15) is 14.4 Å². The van der Waals surface area contributed by atoms with Crippen molar-refractivity contribution in [2.45, 2.75) is 25.4 Å². The molecule has 9 heteroatoms. The van der Waals surface area contributed by atoms with E-state index in [1.165, 1.54) is 15.9 Å². The van der Waals surface area contributed by atoms with Crippen molar-refractivity contribution < 1.29 is 14.1 Å². The third-order valence-electron chi connectivity index (χ3n) is 4.05. The van der Waals surface area contributed by atoms with E-state index in [-0.39, 0.29) is 18.5 Å². The Bertz CT molecular complexity index is 1030. The van der Waals surface area contributed by atoms with Gasteiger partial charge >= 0.3 is 5.76 Å². The SMILES string of the molecule is O=C(Cn1c(-c2cccs2)noc1=O)Nc1cccc(C(=O)NC2CC2)c1. The number of anilines is 1. The molecular formula is C18H16N4O4S. The quantitative estimate of drug-likeness (QED) is 0.677. The number of nitrogens with one attached hydrogen (secondary N) is 2. The minimum Gasteiger partial charge on any atom is -0.349 e. The van der Waals surface area contributed by atoms with E-state index in [4.69, 9.17) is 4.52 Å². The van der Waals surface area contributed by atoms with Crippen molar-refractivity contribution in [3.8, 4) is 10.7 Å². The summed E-state index contributed by atoms with van der Waals surface area (Å²) in [6, 6.07) is 10.5. The molecule has 0 atom stereocenters. The Morgan fingerprint density at radius 1 is 1.26 bits per heavy atom. The standard InChI is InChI=1S/C18H16N4O4S/c23-15(10-22-16(21-26-18(22)25)14-5-2-8-27-14)19-13-4-1-3-11(9-13)17(24)20-12-6-7-12/h1-5,8-9,12H,6-7,10H2,(H,19,23)(H,20,24). The molecule has 1 aromatic carbocycles. The van der Waals surface area contributed by atoms with Crippen molar-refractivity contribution in [3.05, 3.63) is 57.9 Å². The molecule has 1 saturated carbocycles. The molecule has 1 aliphatic carbocycles. The summed E-state index contributed by atoms with van der Waals surface area (Å²) in [5.74, 6) is -0.976.